The average molecular weight is 458 g/mol. The largest absolute Gasteiger partial charge is 0.508 e. The van der Waals surface area contributed by atoms with E-state index in [0.29, 0.717) is 11.1 Å². The van der Waals surface area contributed by atoms with Crippen LogP contribution in [-0.4, -0.2) is 63.7 Å². The topological polar surface area (TPSA) is 156 Å². The maximum Gasteiger partial charge on any atom is 0.302 e. The fourth-order valence-corrected chi connectivity index (χ4v) is 3.51. The number of esters is 1. The second-order valence-electron chi connectivity index (χ2n) is 7.62. The molecule has 33 heavy (non-hydrogen) atoms. The van der Waals surface area contributed by atoms with Crippen molar-refractivity contribution in [2.45, 2.75) is 37.6 Å². The zero-order chi connectivity index (χ0) is 23.7. The van der Waals surface area contributed by atoms with Gasteiger partial charge in [0.25, 0.3) is 0 Å². The number of benzene rings is 2. The van der Waals surface area contributed by atoms with Gasteiger partial charge in [0.15, 0.2) is 5.43 Å². The van der Waals surface area contributed by atoms with E-state index in [9.17, 15) is 30.0 Å². The van der Waals surface area contributed by atoms with Gasteiger partial charge in [-0.2, -0.15) is 0 Å². The molecule has 0 radical (unpaired) electrons. The van der Waals surface area contributed by atoms with E-state index in [0.717, 1.165) is 0 Å². The summed E-state index contributed by atoms with van der Waals surface area (Å²) in [4.78, 5) is 23.9. The highest BCUT2D eigenvalue weighted by Crippen LogP contribution is 2.28. The molecule has 2 heterocycles. The lowest BCUT2D eigenvalue weighted by atomic mass is 9.99. The molecule has 4 N–H and O–H groups in total. The van der Waals surface area contributed by atoms with Crippen molar-refractivity contribution in [2.24, 2.45) is 0 Å². The van der Waals surface area contributed by atoms with Crippen LogP contribution >= 0.6 is 0 Å². The first-order chi connectivity index (χ1) is 15.7. The number of aliphatic hydroxyl groups excluding tert-OH is 3. The number of carbonyl (C=O) groups excluding carboxylic acids is 1. The number of carbonyl (C=O) groups is 1. The molecule has 0 saturated carbocycles. The lowest BCUT2D eigenvalue weighted by molar-refractivity contribution is -0.278. The van der Waals surface area contributed by atoms with Crippen LogP contribution in [0.4, 0.5) is 0 Å². The summed E-state index contributed by atoms with van der Waals surface area (Å²) < 4.78 is 21.5. The fourth-order valence-electron chi connectivity index (χ4n) is 3.51. The number of hydrogen-bond donors (Lipinski definition) is 4. The van der Waals surface area contributed by atoms with Crippen LogP contribution in [0.2, 0.25) is 0 Å². The van der Waals surface area contributed by atoms with Gasteiger partial charge in [0.05, 0.1) is 10.9 Å². The molecule has 5 atom stereocenters. The zero-order valence-corrected chi connectivity index (χ0v) is 17.5. The Morgan fingerprint density at radius 3 is 2.45 bits per heavy atom. The Morgan fingerprint density at radius 1 is 1.03 bits per heavy atom. The molecule has 4 rings (SSSR count). The smallest absolute Gasteiger partial charge is 0.302 e. The number of aromatic hydroxyl groups is 1. The predicted molar refractivity (Wildman–Crippen MR) is 114 cm³/mol. The van der Waals surface area contributed by atoms with Crippen molar-refractivity contribution in [2.75, 3.05) is 6.61 Å². The van der Waals surface area contributed by atoms with E-state index in [4.69, 9.17) is 18.6 Å². The van der Waals surface area contributed by atoms with Gasteiger partial charge in [-0.15, -0.1) is 0 Å². The Kier molecular flexibility index (Phi) is 6.34. The maximum atomic E-state index is 12.9. The van der Waals surface area contributed by atoms with Gasteiger partial charge < -0.3 is 39.1 Å². The van der Waals surface area contributed by atoms with Crippen molar-refractivity contribution in [1.29, 1.82) is 0 Å². The van der Waals surface area contributed by atoms with Crippen LogP contribution in [0.15, 0.2) is 57.9 Å². The summed E-state index contributed by atoms with van der Waals surface area (Å²) in [6, 6.07) is 10.5. The minimum absolute atomic E-state index is 0.0746. The van der Waals surface area contributed by atoms with Gasteiger partial charge in [-0.25, -0.2) is 0 Å². The van der Waals surface area contributed by atoms with Crippen molar-refractivity contribution in [3.8, 4) is 22.6 Å². The van der Waals surface area contributed by atoms with Gasteiger partial charge in [-0.1, -0.05) is 12.1 Å². The predicted octanol–water partition coefficient (Wildman–Crippen LogP) is 0.915. The normalized spacial score (nSPS) is 25.0. The molecule has 174 valence electrons. The Bertz CT molecular complexity index is 1200. The lowest BCUT2D eigenvalue weighted by Gasteiger charge is -2.39. The van der Waals surface area contributed by atoms with Gasteiger partial charge in [0.1, 0.15) is 54.4 Å². The molecule has 0 bridgehead atoms. The van der Waals surface area contributed by atoms with E-state index in [2.05, 4.69) is 0 Å². The summed E-state index contributed by atoms with van der Waals surface area (Å²) in [7, 11) is 0. The SMILES string of the molecule is CC(=O)OC[C@H]1O[C@@H](Oc2ccc3c(=O)c(-c4ccc(O)cc4)coc3c2)[C@H](O)[C@@H](O)[C@@H]1O. The van der Waals surface area contributed by atoms with E-state index >= 15 is 0 Å². The van der Waals surface area contributed by atoms with E-state index < -0.39 is 36.7 Å². The number of phenolic OH excluding ortho intramolecular Hbond substituents is 1. The van der Waals surface area contributed by atoms with Crippen molar-refractivity contribution in [1.82, 2.24) is 0 Å². The standard InChI is InChI=1S/C23H22O10/c1-11(24)30-10-18-20(27)21(28)22(29)23(33-18)32-14-6-7-15-17(8-14)31-9-16(19(15)26)12-2-4-13(25)5-3-12/h2-9,18,20-23,25,27-29H,10H2,1H3/t18-,20-,21+,22-,23-/m1/s1. The molecule has 1 aliphatic rings. The van der Waals surface area contributed by atoms with Crippen LogP contribution in [0.3, 0.4) is 0 Å². The summed E-state index contributed by atoms with van der Waals surface area (Å²) in [6.45, 7) is 0.844. The highest BCUT2D eigenvalue weighted by molar-refractivity contribution is 5.82. The second-order valence-corrected chi connectivity index (χ2v) is 7.62. The zero-order valence-electron chi connectivity index (χ0n) is 17.5. The Hall–Kier alpha value is -3.44. The molecule has 2 aromatic carbocycles. The molecule has 1 saturated heterocycles. The van der Waals surface area contributed by atoms with Gasteiger partial charge in [0, 0.05) is 13.0 Å². The number of ether oxygens (including phenoxy) is 3. The van der Waals surface area contributed by atoms with E-state index in [1.807, 2.05) is 0 Å². The Morgan fingerprint density at radius 2 is 1.76 bits per heavy atom. The highest BCUT2D eigenvalue weighted by Gasteiger charge is 2.45. The van der Waals surface area contributed by atoms with Crippen molar-refractivity contribution in [3.63, 3.8) is 0 Å². The third-order valence-electron chi connectivity index (χ3n) is 5.30. The summed E-state index contributed by atoms with van der Waals surface area (Å²) in [5, 5.41) is 40.1. The quantitative estimate of drug-likeness (QED) is 0.405. The summed E-state index contributed by atoms with van der Waals surface area (Å²) in [6.07, 6.45) is -5.90. The van der Waals surface area contributed by atoms with Crippen molar-refractivity contribution >= 4 is 16.9 Å². The number of fused-ring (bicyclic) bond motifs is 1. The third-order valence-corrected chi connectivity index (χ3v) is 5.30. The summed E-state index contributed by atoms with van der Waals surface area (Å²) in [5.41, 5.74) is 0.811. The van der Waals surface area contributed by atoms with Gasteiger partial charge in [-0.05, 0) is 29.8 Å². The minimum atomic E-state index is -1.60. The number of rotatable bonds is 5. The van der Waals surface area contributed by atoms with Crippen LogP contribution in [0.1, 0.15) is 6.92 Å². The third kappa shape index (κ3) is 4.69. The van der Waals surface area contributed by atoms with Crippen LogP contribution < -0.4 is 10.2 Å². The first kappa shape index (κ1) is 22.7. The van der Waals surface area contributed by atoms with Crippen LogP contribution in [0, 0.1) is 0 Å². The molecule has 0 unspecified atom stereocenters. The molecule has 1 aliphatic heterocycles. The molecule has 10 nitrogen and oxygen atoms in total. The van der Waals surface area contributed by atoms with E-state index in [-0.39, 0.29) is 34.5 Å². The molecule has 3 aromatic rings. The minimum Gasteiger partial charge on any atom is -0.508 e. The van der Waals surface area contributed by atoms with Crippen LogP contribution in [-0.2, 0) is 14.3 Å². The van der Waals surface area contributed by atoms with Gasteiger partial charge in [0.2, 0.25) is 6.29 Å². The van der Waals surface area contributed by atoms with Crippen LogP contribution in [0.25, 0.3) is 22.1 Å². The second kappa shape index (κ2) is 9.20. The van der Waals surface area contributed by atoms with Gasteiger partial charge >= 0.3 is 5.97 Å². The highest BCUT2D eigenvalue weighted by atomic mass is 16.7. The van der Waals surface area contributed by atoms with E-state index in [1.165, 1.54) is 43.5 Å². The molecular weight excluding hydrogens is 436 g/mol. The average Bonchev–Trinajstić information content (AvgIpc) is 2.79. The molecule has 0 spiro atoms. The van der Waals surface area contributed by atoms with Crippen molar-refractivity contribution in [3.05, 3.63) is 59.0 Å². The Balaban J connectivity index is 1.57. The number of hydrogen-bond acceptors (Lipinski definition) is 10. The summed E-state index contributed by atoms with van der Waals surface area (Å²) in [5.74, 6) is -0.354. The first-order valence-corrected chi connectivity index (χ1v) is 10.1. The molecule has 1 aromatic heterocycles. The van der Waals surface area contributed by atoms with E-state index in [1.54, 1.807) is 12.1 Å². The molecule has 10 heteroatoms. The molecule has 1 fully saturated rings. The summed E-state index contributed by atoms with van der Waals surface area (Å²) >= 11 is 0. The molecular formula is C23H22O10. The van der Waals surface area contributed by atoms with Crippen molar-refractivity contribution < 1.29 is 43.8 Å². The molecule has 0 amide bonds. The fraction of sp³-hybridized carbons (Fsp3) is 0.304. The number of phenols is 1. The first-order valence-electron chi connectivity index (χ1n) is 10.1. The molecule has 0 aliphatic carbocycles. The monoisotopic (exact) mass is 458 g/mol. The maximum absolute atomic E-state index is 12.9. The Labute approximate surface area is 187 Å². The van der Waals surface area contributed by atoms with Crippen LogP contribution in [0.5, 0.6) is 11.5 Å². The van der Waals surface area contributed by atoms with Gasteiger partial charge in [-0.3, -0.25) is 9.59 Å². The lowest BCUT2D eigenvalue weighted by Crippen LogP contribution is -2.60. The number of aliphatic hydroxyl groups is 3.